The van der Waals surface area contributed by atoms with Gasteiger partial charge in [0.15, 0.2) is 0 Å². The molecule has 1 heterocycles. The summed E-state index contributed by atoms with van der Waals surface area (Å²) in [5.41, 5.74) is 1.26. The Morgan fingerprint density at radius 3 is 2.55 bits per heavy atom. The van der Waals surface area contributed by atoms with Gasteiger partial charge in [0.1, 0.15) is 4.90 Å². The highest BCUT2D eigenvalue weighted by molar-refractivity contribution is 7.89. The van der Waals surface area contributed by atoms with Crippen LogP contribution in [0.4, 0.5) is 0 Å². The molecule has 0 spiro atoms. The van der Waals surface area contributed by atoms with Crippen molar-refractivity contribution in [1.29, 1.82) is 0 Å². The molecule has 0 radical (unpaired) electrons. The minimum absolute atomic E-state index is 0.147. The normalized spacial score (nSPS) is 17.6. The number of aromatic nitrogens is 2. The van der Waals surface area contributed by atoms with E-state index >= 15 is 0 Å². The fraction of sp³-hybridized carbons (Fsp3) is 0.769. The van der Waals surface area contributed by atoms with Gasteiger partial charge in [0, 0.05) is 13.1 Å². The fourth-order valence-corrected chi connectivity index (χ4v) is 4.04. The van der Waals surface area contributed by atoms with Crippen LogP contribution in [0, 0.1) is 18.3 Å². The molecule has 0 aliphatic heterocycles. The minimum atomic E-state index is -3.51. The molecule has 114 valence electrons. The lowest BCUT2D eigenvalue weighted by Crippen LogP contribution is -2.33. The van der Waals surface area contributed by atoms with Crippen molar-refractivity contribution < 1.29 is 8.42 Å². The van der Waals surface area contributed by atoms with Gasteiger partial charge in [-0.2, -0.15) is 5.10 Å². The molecule has 1 aliphatic carbocycles. The molecule has 0 amide bonds. The van der Waals surface area contributed by atoms with E-state index in [1.807, 2.05) is 0 Å². The Hall–Kier alpha value is -0.920. The standard InChI is InChI=1S/C13H24N4O2S/c1-9(2)13(5-6-13)8-15-20(18,19)12-10(3)16-17-11(12)7-14-4/h9,14-15H,5-8H2,1-4H3,(H,16,17). The Kier molecular flexibility index (Phi) is 4.22. The lowest BCUT2D eigenvalue weighted by molar-refractivity contribution is 0.357. The average molecular weight is 300 g/mol. The summed E-state index contributed by atoms with van der Waals surface area (Å²) in [5, 5.41) is 9.75. The number of nitrogens with one attached hydrogen (secondary N) is 3. The monoisotopic (exact) mass is 300 g/mol. The second-order valence-corrected chi connectivity index (χ2v) is 7.70. The van der Waals surface area contributed by atoms with E-state index in [1.54, 1.807) is 14.0 Å². The molecule has 20 heavy (non-hydrogen) atoms. The molecular formula is C13H24N4O2S. The zero-order chi connectivity index (χ0) is 15.0. The highest BCUT2D eigenvalue weighted by Crippen LogP contribution is 2.51. The van der Waals surface area contributed by atoms with E-state index in [2.05, 4.69) is 34.1 Å². The first-order chi connectivity index (χ1) is 9.32. The van der Waals surface area contributed by atoms with Gasteiger partial charge in [0.2, 0.25) is 10.0 Å². The van der Waals surface area contributed by atoms with Crippen molar-refractivity contribution in [2.24, 2.45) is 11.3 Å². The van der Waals surface area contributed by atoms with E-state index in [0.717, 1.165) is 12.8 Å². The average Bonchev–Trinajstić information content (AvgIpc) is 3.07. The Bertz CT molecular complexity index is 573. The van der Waals surface area contributed by atoms with E-state index < -0.39 is 10.0 Å². The largest absolute Gasteiger partial charge is 0.314 e. The van der Waals surface area contributed by atoms with Crippen LogP contribution in [0.5, 0.6) is 0 Å². The summed E-state index contributed by atoms with van der Waals surface area (Å²) in [4.78, 5) is 0.284. The molecule has 1 aromatic heterocycles. The SMILES string of the molecule is CNCc1n[nH]c(C)c1S(=O)(=O)NCC1(C(C)C)CC1. The summed E-state index contributed by atoms with van der Waals surface area (Å²) in [7, 11) is -1.74. The van der Waals surface area contributed by atoms with Crippen LogP contribution >= 0.6 is 0 Å². The number of hydrogen-bond acceptors (Lipinski definition) is 4. The van der Waals surface area contributed by atoms with Crippen molar-refractivity contribution in [3.63, 3.8) is 0 Å². The van der Waals surface area contributed by atoms with Crippen LogP contribution in [0.3, 0.4) is 0 Å². The Balaban J connectivity index is 2.17. The highest BCUT2D eigenvalue weighted by Gasteiger charge is 2.46. The molecule has 7 heteroatoms. The van der Waals surface area contributed by atoms with Crippen LogP contribution in [0.1, 0.15) is 38.1 Å². The maximum Gasteiger partial charge on any atom is 0.244 e. The molecule has 0 aromatic carbocycles. The van der Waals surface area contributed by atoms with Gasteiger partial charge in [0.25, 0.3) is 0 Å². The third kappa shape index (κ3) is 2.89. The zero-order valence-electron chi connectivity index (χ0n) is 12.6. The van der Waals surface area contributed by atoms with Gasteiger partial charge in [-0.3, -0.25) is 5.10 Å². The second kappa shape index (κ2) is 5.46. The highest BCUT2D eigenvalue weighted by atomic mass is 32.2. The summed E-state index contributed by atoms with van der Waals surface area (Å²) < 4.78 is 27.8. The molecule has 1 fully saturated rings. The van der Waals surface area contributed by atoms with Crippen LogP contribution in [0.2, 0.25) is 0 Å². The molecule has 0 atom stereocenters. The number of H-pyrrole nitrogens is 1. The van der Waals surface area contributed by atoms with Gasteiger partial charge >= 0.3 is 0 Å². The molecular weight excluding hydrogens is 276 g/mol. The lowest BCUT2D eigenvalue weighted by atomic mass is 9.93. The van der Waals surface area contributed by atoms with Crippen LogP contribution in [0.25, 0.3) is 0 Å². The molecule has 1 aliphatic rings. The molecule has 0 bridgehead atoms. The van der Waals surface area contributed by atoms with E-state index in [4.69, 9.17) is 0 Å². The smallest absolute Gasteiger partial charge is 0.244 e. The Morgan fingerprint density at radius 2 is 2.05 bits per heavy atom. The number of sulfonamides is 1. The zero-order valence-corrected chi connectivity index (χ0v) is 13.4. The molecule has 0 unspecified atom stereocenters. The van der Waals surface area contributed by atoms with E-state index in [-0.39, 0.29) is 10.3 Å². The lowest BCUT2D eigenvalue weighted by Gasteiger charge is -2.20. The number of hydrogen-bond donors (Lipinski definition) is 3. The molecule has 1 aromatic rings. The van der Waals surface area contributed by atoms with Crippen LogP contribution in [-0.4, -0.2) is 32.2 Å². The van der Waals surface area contributed by atoms with Crippen LogP contribution in [-0.2, 0) is 16.6 Å². The first-order valence-corrected chi connectivity index (χ1v) is 8.49. The van der Waals surface area contributed by atoms with Crippen molar-refractivity contribution in [3.05, 3.63) is 11.4 Å². The van der Waals surface area contributed by atoms with Crippen LogP contribution < -0.4 is 10.0 Å². The van der Waals surface area contributed by atoms with E-state index in [9.17, 15) is 8.42 Å². The Morgan fingerprint density at radius 1 is 1.40 bits per heavy atom. The van der Waals surface area contributed by atoms with Crippen LogP contribution in [0.15, 0.2) is 4.90 Å². The first-order valence-electron chi connectivity index (χ1n) is 7.00. The van der Waals surface area contributed by atoms with Gasteiger partial charge in [0.05, 0.1) is 11.4 Å². The second-order valence-electron chi connectivity index (χ2n) is 6.00. The van der Waals surface area contributed by atoms with E-state index in [1.165, 1.54) is 0 Å². The first kappa shape index (κ1) is 15.5. The molecule has 2 rings (SSSR count). The van der Waals surface area contributed by atoms with Gasteiger partial charge in [-0.15, -0.1) is 0 Å². The summed E-state index contributed by atoms with van der Waals surface area (Å²) in [6.07, 6.45) is 2.20. The number of aromatic amines is 1. The van der Waals surface area contributed by atoms with Gasteiger partial charge in [-0.05, 0) is 38.1 Å². The van der Waals surface area contributed by atoms with Crippen molar-refractivity contribution in [2.45, 2.75) is 45.1 Å². The maximum absolute atomic E-state index is 12.5. The Labute approximate surface area is 120 Å². The molecule has 0 saturated heterocycles. The molecule has 1 saturated carbocycles. The van der Waals surface area contributed by atoms with Crippen molar-refractivity contribution in [2.75, 3.05) is 13.6 Å². The number of rotatable bonds is 7. The number of nitrogens with zero attached hydrogens (tertiary/aromatic N) is 1. The topological polar surface area (TPSA) is 86.9 Å². The molecule has 3 N–H and O–H groups in total. The third-order valence-corrected chi connectivity index (χ3v) is 5.91. The summed E-state index contributed by atoms with van der Waals surface area (Å²) in [6.45, 7) is 6.97. The summed E-state index contributed by atoms with van der Waals surface area (Å²) in [5.74, 6) is 0.493. The minimum Gasteiger partial charge on any atom is -0.314 e. The van der Waals surface area contributed by atoms with Crippen molar-refractivity contribution in [3.8, 4) is 0 Å². The van der Waals surface area contributed by atoms with Gasteiger partial charge in [-0.1, -0.05) is 13.8 Å². The predicted molar refractivity (Wildman–Crippen MR) is 77.8 cm³/mol. The van der Waals surface area contributed by atoms with Crippen molar-refractivity contribution in [1.82, 2.24) is 20.2 Å². The summed E-state index contributed by atoms with van der Waals surface area (Å²) in [6, 6.07) is 0. The predicted octanol–water partition coefficient (Wildman–Crippen LogP) is 1.15. The fourth-order valence-electron chi connectivity index (χ4n) is 2.54. The quantitative estimate of drug-likeness (QED) is 0.705. The van der Waals surface area contributed by atoms with Crippen molar-refractivity contribution >= 4 is 10.0 Å². The van der Waals surface area contributed by atoms with Gasteiger partial charge in [-0.25, -0.2) is 13.1 Å². The summed E-state index contributed by atoms with van der Waals surface area (Å²) >= 11 is 0. The number of aryl methyl sites for hydroxylation is 1. The molecule has 6 nitrogen and oxygen atoms in total. The van der Waals surface area contributed by atoms with Gasteiger partial charge < -0.3 is 5.32 Å². The van der Waals surface area contributed by atoms with E-state index in [0.29, 0.717) is 30.4 Å². The maximum atomic E-state index is 12.5. The third-order valence-electron chi connectivity index (χ3n) is 4.31.